The number of rotatable bonds is 6. The highest BCUT2D eigenvalue weighted by molar-refractivity contribution is 7.89. The molecular weight excluding hydrogens is 408 g/mol. The molecule has 1 amide bonds. The van der Waals surface area contributed by atoms with Crippen LogP contribution in [-0.4, -0.2) is 61.1 Å². The number of ether oxygens (including phenoxy) is 1. The fourth-order valence-corrected chi connectivity index (χ4v) is 5.40. The topological polar surface area (TPSA) is 115 Å². The van der Waals surface area contributed by atoms with Gasteiger partial charge < -0.3 is 14.6 Å². The first-order chi connectivity index (χ1) is 14.4. The van der Waals surface area contributed by atoms with Gasteiger partial charge in [-0.1, -0.05) is 17.3 Å². The number of piperidine rings is 1. The first-order valence-corrected chi connectivity index (χ1v) is 11.7. The average Bonchev–Trinajstić information content (AvgIpc) is 3.44. The van der Waals surface area contributed by atoms with Crippen molar-refractivity contribution in [3.63, 3.8) is 0 Å². The van der Waals surface area contributed by atoms with Crippen molar-refractivity contribution in [3.05, 3.63) is 30.2 Å². The molecule has 9 nitrogen and oxygen atoms in total. The van der Waals surface area contributed by atoms with Crippen LogP contribution in [0.1, 0.15) is 31.6 Å². The maximum atomic E-state index is 13.1. The molecular formula is C20H26N4O5S. The molecule has 3 heterocycles. The number of hydrogen-bond donors (Lipinski definition) is 1. The van der Waals surface area contributed by atoms with Crippen molar-refractivity contribution in [2.75, 3.05) is 26.2 Å². The van der Waals surface area contributed by atoms with Crippen molar-refractivity contribution in [1.82, 2.24) is 19.8 Å². The molecule has 2 aromatic rings. The van der Waals surface area contributed by atoms with E-state index in [1.807, 2.05) is 0 Å². The van der Waals surface area contributed by atoms with E-state index in [-0.39, 0.29) is 22.8 Å². The standard InChI is InChI=1S/C20H26N4O5S/c1-14-22-19(23-29-14)16-4-2-6-18(12-16)30(26,27)24-9-7-15(8-10-24)20(25)21-13-17-5-3-11-28-17/h2,4,6,12,15,17H,3,5,7-11,13H2,1H3,(H,21,25)/t17-/m1/s1. The highest BCUT2D eigenvalue weighted by Gasteiger charge is 2.32. The third-order valence-electron chi connectivity index (χ3n) is 5.61. The molecule has 1 atom stereocenters. The lowest BCUT2D eigenvalue weighted by molar-refractivity contribution is -0.126. The Morgan fingerprint density at radius 3 is 2.73 bits per heavy atom. The van der Waals surface area contributed by atoms with Gasteiger partial charge in [0.2, 0.25) is 27.6 Å². The van der Waals surface area contributed by atoms with E-state index in [0.29, 0.717) is 49.8 Å². The van der Waals surface area contributed by atoms with E-state index in [9.17, 15) is 13.2 Å². The van der Waals surface area contributed by atoms with Crippen LogP contribution < -0.4 is 5.32 Å². The van der Waals surface area contributed by atoms with Crippen LogP contribution in [0.15, 0.2) is 33.7 Å². The summed E-state index contributed by atoms with van der Waals surface area (Å²) in [4.78, 5) is 16.8. The van der Waals surface area contributed by atoms with E-state index in [1.54, 1.807) is 31.2 Å². The van der Waals surface area contributed by atoms with Gasteiger partial charge in [-0.2, -0.15) is 9.29 Å². The second-order valence-corrected chi connectivity index (χ2v) is 9.66. The second-order valence-electron chi connectivity index (χ2n) is 7.72. The highest BCUT2D eigenvalue weighted by atomic mass is 32.2. The molecule has 2 fully saturated rings. The maximum Gasteiger partial charge on any atom is 0.243 e. The minimum Gasteiger partial charge on any atom is -0.376 e. The molecule has 1 N–H and O–H groups in total. The van der Waals surface area contributed by atoms with Gasteiger partial charge >= 0.3 is 0 Å². The predicted octanol–water partition coefficient (Wildman–Crippen LogP) is 1.74. The number of nitrogens with one attached hydrogen (secondary N) is 1. The molecule has 2 aliphatic rings. The number of carbonyl (C=O) groups excluding carboxylic acids is 1. The first-order valence-electron chi connectivity index (χ1n) is 10.2. The maximum absolute atomic E-state index is 13.1. The van der Waals surface area contributed by atoms with Gasteiger partial charge in [0.1, 0.15) is 0 Å². The molecule has 0 bridgehead atoms. The van der Waals surface area contributed by atoms with Gasteiger partial charge in [0, 0.05) is 44.6 Å². The minimum absolute atomic E-state index is 0.0166. The van der Waals surface area contributed by atoms with Crippen molar-refractivity contribution < 1.29 is 22.5 Å². The Bertz CT molecular complexity index is 992. The van der Waals surface area contributed by atoms with E-state index in [4.69, 9.17) is 9.26 Å². The molecule has 0 saturated carbocycles. The summed E-state index contributed by atoms with van der Waals surface area (Å²) >= 11 is 0. The van der Waals surface area contributed by atoms with Crippen molar-refractivity contribution >= 4 is 15.9 Å². The van der Waals surface area contributed by atoms with Crippen molar-refractivity contribution in [3.8, 4) is 11.4 Å². The lowest BCUT2D eigenvalue weighted by Gasteiger charge is -2.30. The minimum atomic E-state index is -3.66. The monoisotopic (exact) mass is 434 g/mol. The number of aryl methyl sites for hydroxylation is 1. The lowest BCUT2D eigenvalue weighted by Crippen LogP contribution is -2.44. The van der Waals surface area contributed by atoms with Crippen LogP contribution in [-0.2, 0) is 19.6 Å². The number of carbonyl (C=O) groups is 1. The van der Waals surface area contributed by atoms with Gasteiger partial charge in [0.05, 0.1) is 11.0 Å². The Labute approximate surface area is 175 Å². The Hall–Kier alpha value is -2.30. The number of benzene rings is 1. The van der Waals surface area contributed by atoms with Gasteiger partial charge in [-0.25, -0.2) is 8.42 Å². The molecule has 1 aromatic carbocycles. The Morgan fingerprint density at radius 2 is 2.07 bits per heavy atom. The normalized spacial score (nSPS) is 21.0. The molecule has 0 spiro atoms. The van der Waals surface area contributed by atoms with Crippen LogP contribution in [0.5, 0.6) is 0 Å². The van der Waals surface area contributed by atoms with E-state index >= 15 is 0 Å². The van der Waals surface area contributed by atoms with Crippen molar-refractivity contribution in [2.45, 2.75) is 43.6 Å². The fraction of sp³-hybridized carbons (Fsp3) is 0.550. The smallest absolute Gasteiger partial charge is 0.243 e. The number of nitrogens with zero attached hydrogens (tertiary/aromatic N) is 3. The number of sulfonamides is 1. The van der Waals surface area contributed by atoms with Crippen LogP contribution in [0, 0.1) is 12.8 Å². The zero-order valence-corrected chi connectivity index (χ0v) is 17.7. The molecule has 30 heavy (non-hydrogen) atoms. The lowest BCUT2D eigenvalue weighted by atomic mass is 9.97. The summed E-state index contributed by atoms with van der Waals surface area (Å²) < 4.78 is 38.1. The van der Waals surface area contributed by atoms with Crippen LogP contribution in [0.2, 0.25) is 0 Å². The van der Waals surface area contributed by atoms with Gasteiger partial charge in [0.15, 0.2) is 0 Å². The Balaban J connectivity index is 1.37. The number of aromatic nitrogens is 2. The van der Waals surface area contributed by atoms with E-state index in [1.165, 1.54) is 4.31 Å². The zero-order chi connectivity index (χ0) is 21.1. The third kappa shape index (κ3) is 4.55. The van der Waals surface area contributed by atoms with E-state index in [2.05, 4.69) is 15.5 Å². The second kappa shape index (κ2) is 8.83. The van der Waals surface area contributed by atoms with Gasteiger partial charge in [-0.3, -0.25) is 4.79 Å². The summed E-state index contributed by atoms with van der Waals surface area (Å²) in [5, 5.41) is 6.80. The fourth-order valence-electron chi connectivity index (χ4n) is 3.88. The summed E-state index contributed by atoms with van der Waals surface area (Å²) in [5.41, 5.74) is 0.580. The van der Waals surface area contributed by atoms with Crippen LogP contribution in [0.25, 0.3) is 11.4 Å². The van der Waals surface area contributed by atoms with E-state index < -0.39 is 10.0 Å². The molecule has 2 aliphatic heterocycles. The predicted molar refractivity (Wildman–Crippen MR) is 108 cm³/mol. The summed E-state index contributed by atoms with van der Waals surface area (Å²) in [7, 11) is -3.66. The molecule has 0 aliphatic carbocycles. The zero-order valence-electron chi connectivity index (χ0n) is 16.9. The van der Waals surface area contributed by atoms with Crippen molar-refractivity contribution in [1.29, 1.82) is 0 Å². The molecule has 0 unspecified atom stereocenters. The summed E-state index contributed by atoms with van der Waals surface area (Å²) in [6, 6.07) is 6.53. The SMILES string of the molecule is Cc1nc(-c2cccc(S(=O)(=O)N3CCC(C(=O)NC[C@H]4CCCO4)CC3)c2)no1. The average molecular weight is 435 g/mol. The summed E-state index contributed by atoms with van der Waals surface area (Å²) in [6.07, 6.45) is 3.11. The van der Waals surface area contributed by atoms with Crippen molar-refractivity contribution in [2.24, 2.45) is 5.92 Å². The summed E-state index contributed by atoms with van der Waals surface area (Å²) in [5.74, 6) is 0.577. The largest absolute Gasteiger partial charge is 0.376 e. The molecule has 4 rings (SSSR count). The van der Waals surface area contributed by atoms with E-state index in [0.717, 1.165) is 19.4 Å². The molecule has 0 radical (unpaired) electrons. The van der Waals surface area contributed by atoms with Crippen LogP contribution in [0.3, 0.4) is 0 Å². The molecule has 10 heteroatoms. The van der Waals surface area contributed by atoms with Gasteiger partial charge in [-0.05, 0) is 37.8 Å². The third-order valence-corrected chi connectivity index (χ3v) is 7.50. The highest BCUT2D eigenvalue weighted by Crippen LogP contribution is 2.26. The quantitative estimate of drug-likeness (QED) is 0.736. The summed E-state index contributed by atoms with van der Waals surface area (Å²) in [6.45, 7) is 3.58. The van der Waals surface area contributed by atoms with Crippen LogP contribution in [0.4, 0.5) is 0 Å². The Morgan fingerprint density at radius 1 is 1.27 bits per heavy atom. The molecule has 2 saturated heterocycles. The first kappa shape index (κ1) is 21.0. The molecule has 1 aromatic heterocycles. The van der Waals surface area contributed by atoms with Crippen LogP contribution >= 0.6 is 0 Å². The Kier molecular flexibility index (Phi) is 6.16. The number of hydrogen-bond acceptors (Lipinski definition) is 7. The number of amides is 1. The van der Waals surface area contributed by atoms with Gasteiger partial charge in [-0.15, -0.1) is 0 Å². The van der Waals surface area contributed by atoms with Gasteiger partial charge in [0.25, 0.3) is 0 Å². The molecule has 162 valence electrons.